The molecule has 22 heavy (non-hydrogen) atoms. The molecule has 1 unspecified atom stereocenters. The van der Waals surface area contributed by atoms with Gasteiger partial charge in [0.2, 0.25) is 0 Å². The molecular formula is C18H28O4. The highest BCUT2D eigenvalue weighted by Crippen LogP contribution is 2.55. The van der Waals surface area contributed by atoms with E-state index >= 15 is 0 Å². The Morgan fingerprint density at radius 1 is 0.909 bits per heavy atom. The average molecular weight is 308 g/mol. The van der Waals surface area contributed by atoms with E-state index < -0.39 is 0 Å². The molecule has 5 fully saturated rings. The van der Waals surface area contributed by atoms with Gasteiger partial charge in [-0.15, -0.1) is 0 Å². The molecule has 0 radical (unpaired) electrons. The van der Waals surface area contributed by atoms with Crippen LogP contribution < -0.4 is 0 Å². The summed E-state index contributed by atoms with van der Waals surface area (Å²) in [5, 5.41) is 0. The first kappa shape index (κ1) is 14.2. The van der Waals surface area contributed by atoms with Crippen LogP contribution in [-0.2, 0) is 18.9 Å². The smallest absolute Gasteiger partial charge is 0.169 e. The van der Waals surface area contributed by atoms with Gasteiger partial charge >= 0.3 is 0 Å². The van der Waals surface area contributed by atoms with Gasteiger partial charge in [-0.3, -0.25) is 0 Å². The molecule has 124 valence electrons. The molecule has 6 atom stereocenters. The van der Waals surface area contributed by atoms with Gasteiger partial charge in [0.05, 0.1) is 30.0 Å². The van der Waals surface area contributed by atoms with Crippen LogP contribution in [0.2, 0.25) is 0 Å². The summed E-state index contributed by atoms with van der Waals surface area (Å²) in [5.41, 5.74) is -0.0890. The summed E-state index contributed by atoms with van der Waals surface area (Å²) < 4.78 is 25.9. The third-order valence-electron chi connectivity index (χ3n) is 6.69. The van der Waals surface area contributed by atoms with Crippen molar-refractivity contribution >= 4 is 0 Å². The fraction of sp³-hybridized carbons (Fsp3) is 1.00. The van der Waals surface area contributed by atoms with Crippen LogP contribution >= 0.6 is 0 Å². The van der Waals surface area contributed by atoms with Crippen molar-refractivity contribution in [1.82, 2.24) is 0 Å². The molecule has 0 amide bonds. The zero-order valence-electron chi connectivity index (χ0n) is 13.6. The second-order valence-corrected chi connectivity index (χ2v) is 8.07. The maximum Gasteiger partial charge on any atom is 0.169 e. The fourth-order valence-corrected chi connectivity index (χ4v) is 5.62. The van der Waals surface area contributed by atoms with Crippen LogP contribution in [0.25, 0.3) is 0 Å². The normalized spacial score (nSPS) is 52.5. The van der Waals surface area contributed by atoms with E-state index in [0.717, 1.165) is 44.9 Å². The molecule has 2 aliphatic carbocycles. The topological polar surface area (TPSA) is 36.9 Å². The van der Waals surface area contributed by atoms with Crippen molar-refractivity contribution in [3.8, 4) is 0 Å². The fourth-order valence-electron chi connectivity index (χ4n) is 5.62. The van der Waals surface area contributed by atoms with E-state index in [0.29, 0.717) is 6.10 Å². The molecule has 2 spiro atoms. The van der Waals surface area contributed by atoms with E-state index in [-0.39, 0.29) is 35.8 Å². The van der Waals surface area contributed by atoms with Crippen LogP contribution in [0.1, 0.15) is 71.1 Å². The molecule has 2 bridgehead atoms. The van der Waals surface area contributed by atoms with E-state index in [9.17, 15) is 0 Å². The van der Waals surface area contributed by atoms with Crippen LogP contribution in [0.15, 0.2) is 0 Å². The molecule has 0 aromatic carbocycles. The van der Waals surface area contributed by atoms with Crippen molar-refractivity contribution in [1.29, 1.82) is 0 Å². The molecule has 3 saturated heterocycles. The van der Waals surface area contributed by atoms with E-state index in [1.54, 1.807) is 0 Å². The van der Waals surface area contributed by atoms with Crippen LogP contribution in [0.3, 0.4) is 0 Å². The summed E-state index contributed by atoms with van der Waals surface area (Å²) in [4.78, 5) is 0. The minimum absolute atomic E-state index is 0.0890. The minimum Gasteiger partial charge on any atom is -0.369 e. The number of fused-ring (bicyclic) bond motifs is 3. The predicted molar refractivity (Wildman–Crippen MR) is 80.6 cm³/mol. The maximum absolute atomic E-state index is 6.54. The van der Waals surface area contributed by atoms with Gasteiger partial charge in [0, 0.05) is 25.7 Å². The van der Waals surface area contributed by atoms with Crippen LogP contribution in [0.5, 0.6) is 0 Å². The Balaban J connectivity index is 1.39. The lowest BCUT2D eigenvalue weighted by atomic mass is 9.76. The SMILES string of the molecule is CC[C@H]1CC[C@@H]2O[C@H]3C[C@]2(C[C@H]2OC4(CCCCC4)OC32)O1. The third-order valence-corrected chi connectivity index (χ3v) is 6.69. The average Bonchev–Trinajstić information content (AvgIpc) is 3.03. The number of rotatable bonds is 1. The van der Waals surface area contributed by atoms with Gasteiger partial charge in [0.25, 0.3) is 0 Å². The molecular weight excluding hydrogens is 280 g/mol. The van der Waals surface area contributed by atoms with E-state index in [2.05, 4.69) is 6.92 Å². The standard InChI is InChI=1S/C18H28O4/c1-2-12-6-7-15-17(20-12)10-13(19-15)16-14(11-17)21-18(22-16)8-4-3-5-9-18/h12-16H,2-11H2,1H3/t12-,13-,14+,15-,16?,17+/m0/s1. The summed E-state index contributed by atoms with van der Waals surface area (Å²) in [6.07, 6.45) is 12.4. The van der Waals surface area contributed by atoms with Crippen molar-refractivity contribution in [3.63, 3.8) is 0 Å². The van der Waals surface area contributed by atoms with E-state index in [4.69, 9.17) is 18.9 Å². The monoisotopic (exact) mass is 308 g/mol. The molecule has 2 saturated carbocycles. The highest BCUT2D eigenvalue weighted by atomic mass is 16.8. The molecule has 0 N–H and O–H groups in total. The van der Waals surface area contributed by atoms with E-state index in [1.165, 1.54) is 19.3 Å². The molecule has 4 heteroatoms. The first-order valence-electron chi connectivity index (χ1n) is 9.41. The molecule has 4 nitrogen and oxygen atoms in total. The summed E-state index contributed by atoms with van der Waals surface area (Å²) >= 11 is 0. The first-order chi connectivity index (χ1) is 10.7. The third kappa shape index (κ3) is 1.97. The molecule has 0 aromatic heterocycles. The zero-order valence-corrected chi connectivity index (χ0v) is 13.6. The summed E-state index contributed by atoms with van der Waals surface area (Å²) in [7, 11) is 0. The minimum atomic E-state index is -0.299. The molecule has 3 aliphatic heterocycles. The Morgan fingerprint density at radius 3 is 2.55 bits per heavy atom. The molecule has 0 aromatic rings. The van der Waals surface area contributed by atoms with Crippen molar-refractivity contribution in [2.45, 2.75) is 113 Å². The van der Waals surface area contributed by atoms with Gasteiger partial charge in [-0.2, -0.15) is 0 Å². The Kier molecular flexibility index (Phi) is 3.18. The van der Waals surface area contributed by atoms with Gasteiger partial charge < -0.3 is 18.9 Å². The highest BCUT2D eigenvalue weighted by molar-refractivity contribution is 5.12. The predicted octanol–water partition coefficient (Wildman–Crippen LogP) is 3.32. The quantitative estimate of drug-likeness (QED) is 0.744. The van der Waals surface area contributed by atoms with Crippen LogP contribution in [0, 0.1) is 0 Å². The van der Waals surface area contributed by atoms with Crippen molar-refractivity contribution < 1.29 is 18.9 Å². The molecule has 5 aliphatic rings. The van der Waals surface area contributed by atoms with Crippen molar-refractivity contribution in [3.05, 3.63) is 0 Å². The highest BCUT2D eigenvalue weighted by Gasteiger charge is 2.65. The van der Waals surface area contributed by atoms with Crippen LogP contribution in [-0.4, -0.2) is 41.9 Å². The summed E-state index contributed by atoms with van der Waals surface area (Å²) in [5.74, 6) is -0.299. The van der Waals surface area contributed by atoms with Gasteiger partial charge in [-0.05, 0) is 32.1 Å². The number of ether oxygens (including phenoxy) is 4. The second kappa shape index (κ2) is 4.92. The first-order valence-corrected chi connectivity index (χ1v) is 9.41. The van der Waals surface area contributed by atoms with Crippen molar-refractivity contribution in [2.24, 2.45) is 0 Å². The van der Waals surface area contributed by atoms with Gasteiger partial charge in [-0.25, -0.2) is 0 Å². The van der Waals surface area contributed by atoms with Gasteiger partial charge in [-0.1, -0.05) is 13.3 Å². The Labute approximate surface area is 132 Å². The summed E-state index contributed by atoms with van der Waals surface area (Å²) in [6.45, 7) is 2.23. The van der Waals surface area contributed by atoms with Crippen LogP contribution in [0.4, 0.5) is 0 Å². The number of hydrogen-bond donors (Lipinski definition) is 0. The summed E-state index contributed by atoms with van der Waals surface area (Å²) in [6, 6.07) is 0. The Bertz CT molecular complexity index is 446. The zero-order chi connectivity index (χ0) is 14.8. The molecule has 5 rings (SSSR count). The Morgan fingerprint density at radius 2 is 1.73 bits per heavy atom. The Hall–Kier alpha value is -0.160. The van der Waals surface area contributed by atoms with E-state index in [1.807, 2.05) is 0 Å². The van der Waals surface area contributed by atoms with Gasteiger partial charge in [0.15, 0.2) is 5.79 Å². The van der Waals surface area contributed by atoms with Crippen molar-refractivity contribution in [2.75, 3.05) is 0 Å². The molecule has 3 heterocycles. The maximum atomic E-state index is 6.54. The van der Waals surface area contributed by atoms with Gasteiger partial charge in [0.1, 0.15) is 6.10 Å². The number of hydrogen-bond acceptors (Lipinski definition) is 4. The largest absolute Gasteiger partial charge is 0.369 e. The lowest BCUT2D eigenvalue weighted by molar-refractivity contribution is -0.215. The second-order valence-electron chi connectivity index (χ2n) is 8.07. The lowest BCUT2D eigenvalue weighted by Crippen LogP contribution is -2.53. The lowest BCUT2D eigenvalue weighted by Gasteiger charge is -2.44.